The molecule has 1 aliphatic heterocycles. The maximum atomic E-state index is 12.2. The highest BCUT2D eigenvalue weighted by Crippen LogP contribution is 2.34. The van der Waals surface area contributed by atoms with E-state index in [-0.39, 0.29) is 11.9 Å². The molecule has 2 aromatic rings. The van der Waals surface area contributed by atoms with Gasteiger partial charge in [-0.1, -0.05) is 18.2 Å². The number of carbonyl (C=O) groups is 1. The van der Waals surface area contributed by atoms with Crippen molar-refractivity contribution in [2.75, 3.05) is 11.9 Å². The zero-order valence-corrected chi connectivity index (χ0v) is 10.1. The molecule has 92 valence electrons. The first-order valence-corrected chi connectivity index (χ1v) is 5.89. The molecule has 0 fully saturated rings. The highest BCUT2D eigenvalue weighted by Gasteiger charge is 2.34. The van der Waals surface area contributed by atoms with E-state index in [4.69, 9.17) is 4.42 Å². The number of nitrogens with zero attached hydrogens (tertiary/aromatic N) is 1. The molecule has 4 nitrogen and oxygen atoms in total. The van der Waals surface area contributed by atoms with Crippen LogP contribution < -0.4 is 10.2 Å². The van der Waals surface area contributed by atoms with Crippen LogP contribution in [0, 0.1) is 0 Å². The largest absolute Gasteiger partial charge is 0.468 e. The minimum Gasteiger partial charge on any atom is -0.468 e. The first-order valence-electron chi connectivity index (χ1n) is 5.89. The Bertz CT molecular complexity index is 563. The maximum Gasteiger partial charge on any atom is 0.248 e. The summed E-state index contributed by atoms with van der Waals surface area (Å²) in [4.78, 5) is 13.8. The van der Waals surface area contributed by atoms with Gasteiger partial charge in [0.25, 0.3) is 0 Å². The van der Waals surface area contributed by atoms with Gasteiger partial charge in [0.1, 0.15) is 11.8 Å². The third-order valence-corrected chi connectivity index (χ3v) is 3.25. The van der Waals surface area contributed by atoms with Crippen LogP contribution in [0.4, 0.5) is 5.69 Å². The normalized spacial score (nSPS) is 18.2. The number of hydrogen-bond acceptors (Lipinski definition) is 3. The van der Waals surface area contributed by atoms with Crippen LogP contribution in [0.15, 0.2) is 47.1 Å². The van der Waals surface area contributed by atoms with E-state index in [2.05, 4.69) is 5.32 Å². The van der Waals surface area contributed by atoms with E-state index in [0.717, 1.165) is 17.0 Å². The highest BCUT2D eigenvalue weighted by atomic mass is 16.3. The lowest BCUT2D eigenvalue weighted by atomic mass is 10.1. The summed E-state index contributed by atoms with van der Waals surface area (Å²) in [6.07, 6.45) is 1.63. The zero-order valence-electron chi connectivity index (χ0n) is 10.1. The molecule has 1 aromatic carbocycles. The molecule has 1 aliphatic rings. The lowest BCUT2D eigenvalue weighted by Gasteiger charge is -2.11. The van der Waals surface area contributed by atoms with Crippen LogP contribution in [0.5, 0.6) is 0 Å². The fourth-order valence-electron chi connectivity index (χ4n) is 2.30. The van der Waals surface area contributed by atoms with Crippen LogP contribution in [-0.4, -0.2) is 13.0 Å². The van der Waals surface area contributed by atoms with Crippen molar-refractivity contribution in [3.05, 3.63) is 54.0 Å². The van der Waals surface area contributed by atoms with E-state index in [1.807, 2.05) is 36.4 Å². The first kappa shape index (κ1) is 11.0. The van der Waals surface area contributed by atoms with Gasteiger partial charge in [0.15, 0.2) is 0 Å². The highest BCUT2D eigenvalue weighted by molar-refractivity contribution is 6.04. The van der Waals surface area contributed by atoms with Gasteiger partial charge in [0.05, 0.1) is 12.8 Å². The van der Waals surface area contributed by atoms with Gasteiger partial charge in [0.2, 0.25) is 5.91 Å². The molecule has 1 atom stereocenters. The van der Waals surface area contributed by atoms with E-state index in [9.17, 15) is 4.79 Å². The molecular formula is C14H14N2O2. The number of benzene rings is 1. The van der Waals surface area contributed by atoms with Crippen LogP contribution in [-0.2, 0) is 11.3 Å². The number of likely N-dealkylation sites (N-methyl/N-ethyl adjacent to an activating group) is 1. The second kappa shape index (κ2) is 4.31. The Hall–Kier alpha value is -2.07. The molecule has 0 bridgehead atoms. The average molecular weight is 242 g/mol. The quantitative estimate of drug-likeness (QED) is 0.896. The van der Waals surface area contributed by atoms with Gasteiger partial charge in [-0.05, 0) is 18.2 Å². The molecule has 18 heavy (non-hydrogen) atoms. The summed E-state index contributed by atoms with van der Waals surface area (Å²) in [5.74, 6) is 0.901. The Kier molecular flexibility index (Phi) is 2.64. The van der Waals surface area contributed by atoms with Crippen LogP contribution >= 0.6 is 0 Å². The molecule has 3 rings (SSSR count). The van der Waals surface area contributed by atoms with Crippen molar-refractivity contribution >= 4 is 11.6 Å². The van der Waals surface area contributed by atoms with Gasteiger partial charge >= 0.3 is 0 Å². The lowest BCUT2D eigenvalue weighted by Crippen LogP contribution is -2.31. The Labute approximate surface area is 105 Å². The van der Waals surface area contributed by atoms with Crippen LogP contribution in [0.2, 0.25) is 0 Å². The summed E-state index contributed by atoms with van der Waals surface area (Å²) in [6.45, 7) is 0.547. The van der Waals surface area contributed by atoms with Crippen molar-refractivity contribution in [1.82, 2.24) is 5.32 Å². The number of hydrogen-bond donors (Lipinski definition) is 1. The topological polar surface area (TPSA) is 45.5 Å². The maximum absolute atomic E-state index is 12.2. The molecule has 4 heteroatoms. The smallest absolute Gasteiger partial charge is 0.248 e. The van der Waals surface area contributed by atoms with Crippen molar-refractivity contribution < 1.29 is 9.21 Å². The SMILES string of the molecule is CN1C(=O)C(NCc2ccco2)c2ccccc21. The Morgan fingerprint density at radius 1 is 1.28 bits per heavy atom. The molecule has 1 N–H and O–H groups in total. The number of furan rings is 1. The van der Waals surface area contributed by atoms with Crippen LogP contribution in [0.25, 0.3) is 0 Å². The van der Waals surface area contributed by atoms with Gasteiger partial charge in [-0.15, -0.1) is 0 Å². The standard InChI is InChI=1S/C14H14N2O2/c1-16-12-7-3-2-6-11(12)13(14(16)17)15-9-10-5-4-8-18-10/h2-8,13,15H,9H2,1H3. The number of anilines is 1. The number of nitrogens with one attached hydrogen (secondary N) is 1. The minimum absolute atomic E-state index is 0.0720. The number of fused-ring (bicyclic) bond motifs is 1. The van der Waals surface area contributed by atoms with E-state index in [1.54, 1.807) is 18.2 Å². The van der Waals surface area contributed by atoms with Crippen molar-refractivity contribution in [3.63, 3.8) is 0 Å². The predicted octanol–water partition coefficient (Wildman–Crippen LogP) is 2.09. The molecule has 0 spiro atoms. The molecule has 1 amide bonds. The van der Waals surface area contributed by atoms with Gasteiger partial charge in [-0.3, -0.25) is 10.1 Å². The summed E-state index contributed by atoms with van der Waals surface area (Å²) in [5, 5.41) is 3.24. The molecule has 0 aliphatic carbocycles. The summed E-state index contributed by atoms with van der Waals surface area (Å²) in [6, 6.07) is 11.3. The second-order valence-corrected chi connectivity index (χ2v) is 4.35. The molecule has 0 saturated carbocycles. The van der Waals surface area contributed by atoms with Gasteiger partial charge in [0, 0.05) is 18.3 Å². The van der Waals surface area contributed by atoms with Crippen molar-refractivity contribution in [2.24, 2.45) is 0 Å². The minimum atomic E-state index is -0.281. The Morgan fingerprint density at radius 2 is 2.11 bits per heavy atom. The molecule has 0 radical (unpaired) electrons. The molecule has 0 saturated heterocycles. The van der Waals surface area contributed by atoms with Crippen LogP contribution in [0.3, 0.4) is 0 Å². The second-order valence-electron chi connectivity index (χ2n) is 4.35. The number of carbonyl (C=O) groups excluding carboxylic acids is 1. The number of rotatable bonds is 3. The molecule has 1 unspecified atom stereocenters. The van der Waals surface area contributed by atoms with E-state index < -0.39 is 0 Å². The summed E-state index contributed by atoms with van der Waals surface area (Å²) in [5.41, 5.74) is 2.00. The first-order chi connectivity index (χ1) is 8.77. The fraction of sp³-hybridized carbons (Fsp3) is 0.214. The third-order valence-electron chi connectivity index (χ3n) is 3.25. The summed E-state index contributed by atoms with van der Waals surface area (Å²) < 4.78 is 5.26. The summed E-state index contributed by atoms with van der Waals surface area (Å²) in [7, 11) is 1.80. The number of para-hydroxylation sites is 1. The van der Waals surface area contributed by atoms with Gasteiger partial charge in [-0.25, -0.2) is 0 Å². The Morgan fingerprint density at radius 3 is 2.89 bits per heavy atom. The molecular weight excluding hydrogens is 228 g/mol. The number of amides is 1. The lowest BCUT2D eigenvalue weighted by molar-refractivity contribution is -0.119. The van der Waals surface area contributed by atoms with E-state index in [1.165, 1.54) is 0 Å². The molecule has 1 aromatic heterocycles. The van der Waals surface area contributed by atoms with Crippen molar-refractivity contribution in [1.29, 1.82) is 0 Å². The Balaban J connectivity index is 1.82. The summed E-state index contributed by atoms with van der Waals surface area (Å²) >= 11 is 0. The predicted molar refractivity (Wildman–Crippen MR) is 68.1 cm³/mol. The van der Waals surface area contributed by atoms with Crippen molar-refractivity contribution in [3.8, 4) is 0 Å². The zero-order chi connectivity index (χ0) is 12.5. The fourth-order valence-corrected chi connectivity index (χ4v) is 2.30. The molecule has 2 heterocycles. The van der Waals surface area contributed by atoms with Crippen molar-refractivity contribution in [2.45, 2.75) is 12.6 Å². The van der Waals surface area contributed by atoms with E-state index >= 15 is 0 Å². The van der Waals surface area contributed by atoms with Crippen LogP contribution in [0.1, 0.15) is 17.4 Å². The van der Waals surface area contributed by atoms with Gasteiger partial charge in [-0.2, -0.15) is 0 Å². The van der Waals surface area contributed by atoms with Gasteiger partial charge < -0.3 is 9.32 Å². The average Bonchev–Trinajstić information content (AvgIpc) is 2.98. The van der Waals surface area contributed by atoms with E-state index in [0.29, 0.717) is 6.54 Å². The third kappa shape index (κ3) is 1.71. The monoisotopic (exact) mass is 242 g/mol.